The monoisotopic (exact) mass is 366 g/mol. The number of aliphatic carboxylic acids is 1. The van der Waals surface area contributed by atoms with Gasteiger partial charge in [0.1, 0.15) is 0 Å². The summed E-state index contributed by atoms with van der Waals surface area (Å²) in [5.74, 6) is 1.73. The molecule has 1 atom stereocenters. The van der Waals surface area contributed by atoms with E-state index in [2.05, 4.69) is 27.7 Å². The first-order valence-electron chi connectivity index (χ1n) is 10.1. The van der Waals surface area contributed by atoms with Crippen molar-refractivity contribution in [3.05, 3.63) is 0 Å². The third-order valence-corrected chi connectivity index (χ3v) is 5.01. The predicted molar refractivity (Wildman–Crippen MR) is 103 cm³/mol. The van der Waals surface area contributed by atoms with Crippen LogP contribution < -0.4 is 29.6 Å². The first-order chi connectivity index (χ1) is 10.9. The molecule has 0 amide bonds. The van der Waals surface area contributed by atoms with E-state index in [0.29, 0.717) is 6.42 Å². The molecule has 1 unspecified atom stereocenters. The zero-order valence-electron chi connectivity index (χ0n) is 17.7. The molecule has 0 aliphatic heterocycles. The van der Waals surface area contributed by atoms with Gasteiger partial charge in [0.25, 0.3) is 0 Å². The van der Waals surface area contributed by atoms with Gasteiger partial charge in [-0.05, 0) is 24.2 Å². The second kappa shape index (κ2) is 20.7. The van der Waals surface area contributed by atoms with Crippen LogP contribution in [0.4, 0.5) is 0 Å². The Kier molecular flexibility index (Phi) is 25.0. The zero-order valence-corrected chi connectivity index (χ0v) is 19.7. The van der Waals surface area contributed by atoms with Crippen molar-refractivity contribution < 1.29 is 44.9 Å². The van der Waals surface area contributed by atoms with Gasteiger partial charge in [-0.25, -0.2) is 0 Å². The van der Waals surface area contributed by atoms with Gasteiger partial charge in [-0.3, -0.25) is 4.79 Å². The summed E-state index contributed by atoms with van der Waals surface area (Å²) in [6, 6.07) is 0. The number of carboxylic acids is 1. The molecule has 146 valence electrons. The average molecular weight is 367 g/mol. The fraction of sp³-hybridized carbons (Fsp3) is 0.952. The van der Waals surface area contributed by atoms with E-state index in [1.807, 2.05) is 0 Å². The molecule has 0 aromatic rings. The molecular formula is C21H43NaO3. The first kappa shape index (κ1) is 30.2. The molecule has 25 heavy (non-hydrogen) atoms. The summed E-state index contributed by atoms with van der Waals surface area (Å²) in [5, 5.41) is 8.69. The predicted octanol–water partition coefficient (Wildman–Crippen LogP) is 3.90. The van der Waals surface area contributed by atoms with Gasteiger partial charge in [0, 0.05) is 6.42 Å². The molecule has 0 fully saturated rings. The topological polar surface area (TPSA) is 67.3 Å². The van der Waals surface area contributed by atoms with E-state index in [9.17, 15) is 4.79 Å². The number of unbranched alkanes of at least 4 members (excludes halogenated alkanes) is 7. The molecule has 2 N–H and O–H groups in total. The standard InChI is InChI=1S/C21H42O2.Na.H2O/c1-18(2)14-10-8-6-5-7-9-11-15-20(19(3)4)16-12-13-17-21(22)23;;/h18-20H,5-17H2,1-4H3,(H,22,23);;1H2/q;+1;/p-1. The summed E-state index contributed by atoms with van der Waals surface area (Å²) in [7, 11) is 0. The van der Waals surface area contributed by atoms with Crippen LogP contribution in [0.15, 0.2) is 0 Å². The molecule has 0 bridgehead atoms. The van der Waals surface area contributed by atoms with Crippen LogP contribution >= 0.6 is 0 Å². The van der Waals surface area contributed by atoms with Crippen LogP contribution in [-0.2, 0) is 4.79 Å². The Morgan fingerprint density at radius 3 is 1.52 bits per heavy atom. The Bertz CT molecular complexity index is 280. The molecule has 0 aromatic carbocycles. The molecule has 0 aromatic heterocycles. The van der Waals surface area contributed by atoms with E-state index >= 15 is 0 Å². The largest absolute Gasteiger partial charge is 1.00 e. The van der Waals surface area contributed by atoms with Crippen molar-refractivity contribution in [2.75, 3.05) is 0 Å². The molecule has 0 heterocycles. The fourth-order valence-electron chi connectivity index (χ4n) is 3.34. The Labute approximate surface area is 179 Å². The summed E-state index contributed by atoms with van der Waals surface area (Å²) < 4.78 is 0. The average Bonchev–Trinajstić information content (AvgIpc) is 2.46. The van der Waals surface area contributed by atoms with Gasteiger partial charge in [-0.2, -0.15) is 0 Å². The molecule has 0 saturated heterocycles. The van der Waals surface area contributed by atoms with Crippen LogP contribution in [0.25, 0.3) is 0 Å². The van der Waals surface area contributed by atoms with Gasteiger partial charge in [-0.1, -0.05) is 98.3 Å². The van der Waals surface area contributed by atoms with Gasteiger partial charge >= 0.3 is 35.5 Å². The van der Waals surface area contributed by atoms with E-state index in [4.69, 9.17) is 5.11 Å². The van der Waals surface area contributed by atoms with Crippen LogP contribution in [-0.4, -0.2) is 16.6 Å². The van der Waals surface area contributed by atoms with Crippen molar-refractivity contribution >= 4 is 5.97 Å². The summed E-state index contributed by atoms with van der Waals surface area (Å²) in [4.78, 5) is 10.5. The van der Waals surface area contributed by atoms with Crippen molar-refractivity contribution in [2.24, 2.45) is 17.8 Å². The van der Waals surface area contributed by atoms with E-state index in [0.717, 1.165) is 30.6 Å². The van der Waals surface area contributed by atoms with Crippen LogP contribution in [0.2, 0.25) is 0 Å². The molecule has 0 aliphatic carbocycles. The summed E-state index contributed by atoms with van der Waals surface area (Å²) in [6.07, 6.45) is 15.9. The SMILES string of the molecule is CC(C)CCCCCCCCCC(CCCCC(=O)O)C(C)C.[Na+].[OH-]. The maximum atomic E-state index is 10.5. The summed E-state index contributed by atoms with van der Waals surface area (Å²) in [5.41, 5.74) is 0. The normalized spacial score (nSPS) is 11.9. The molecule has 3 nitrogen and oxygen atoms in total. The van der Waals surface area contributed by atoms with Gasteiger partial charge in [0.2, 0.25) is 0 Å². The van der Waals surface area contributed by atoms with Gasteiger partial charge in [0.15, 0.2) is 0 Å². The fourth-order valence-corrected chi connectivity index (χ4v) is 3.34. The minimum atomic E-state index is -0.653. The third-order valence-electron chi connectivity index (χ3n) is 5.01. The quantitative estimate of drug-likeness (QED) is 0.333. The molecule has 0 aliphatic rings. The zero-order chi connectivity index (χ0) is 17.5. The second-order valence-corrected chi connectivity index (χ2v) is 8.09. The van der Waals surface area contributed by atoms with E-state index in [-0.39, 0.29) is 35.0 Å². The maximum Gasteiger partial charge on any atom is 1.00 e. The molecule has 0 spiro atoms. The van der Waals surface area contributed by atoms with Crippen LogP contribution in [0.5, 0.6) is 0 Å². The van der Waals surface area contributed by atoms with Crippen LogP contribution in [0.3, 0.4) is 0 Å². The first-order valence-corrected chi connectivity index (χ1v) is 10.1. The van der Waals surface area contributed by atoms with Crippen molar-refractivity contribution in [3.63, 3.8) is 0 Å². The smallest absolute Gasteiger partial charge is 0.870 e. The molecule has 4 heteroatoms. The number of carboxylic acid groups (broad SMARTS) is 1. The Morgan fingerprint density at radius 1 is 0.720 bits per heavy atom. The molecular weight excluding hydrogens is 323 g/mol. The minimum absolute atomic E-state index is 0. The minimum Gasteiger partial charge on any atom is -0.870 e. The Hall–Kier alpha value is 0.430. The van der Waals surface area contributed by atoms with E-state index in [1.165, 1.54) is 64.2 Å². The maximum absolute atomic E-state index is 10.5. The summed E-state index contributed by atoms with van der Waals surface area (Å²) >= 11 is 0. The number of hydrogen-bond acceptors (Lipinski definition) is 2. The van der Waals surface area contributed by atoms with Gasteiger partial charge in [0.05, 0.1) is 0 Å². The van der Waals surface area contributed by atoms with E-state index < -0.39 is 5.97 Å². The molecule has 0 rings (SSSR count). The van der Waals surface area contributed by atoms with Gasteiger partial charge < -0.3 is 10.6 Å². The van der Waals surface area contributed by atoms with E-state index in [1.54, 1.807) is 0 Å². The second-order valence-electron chi connectivity index (χ2n) is 8.09. The Morgan fingerprint density at radius 2 is 1.12 bits per heavy atom. The summed E-state index contributed by atoms with van der Waals surface area (Å²) in [6.45, 7) is 9.26. The number of rotatable bonds is 16. The van der Waals surface area contributed by atoms with Crippen molar-refractivity contribution in [3.8, 4) is 0 Å². The third kappa shape index (κ3) is 22.4. The number of carbonyl (C=O) groups is 1. The van der Waals surface area contributed by atoms with Crippen LogP contribution in [0, 0.1) is 17.8 Å². The van der Waals surface area contributed by atoms with Crippen molar-refractivity contribution in [2.45, 2.75) is 111 Å². The van der Waals surface area contributed by atoms with Crippen LogP contribution in [0.1, 0.15) is 111 Å². The van der Waals surface area contributed by atoms with Crippen molar-refractivity contribution in [1.82, 2.24) is 0 Å². The molecule has 0 saturated carbocycles. The van der Waals surface area contributed by atoms with Crippen molar-refractivity contribution in [1.29, 1.82) is 0 Å². The van der Waals surface area contributed by atoms with Gasteiger partial charge in [-0.15, -0.1) is 0 Å². The number of hydrogen-bond donors (Lipinski definition) is 1. The molecule has 0 radical (unpaired) electrons. The Balaban J connectivity index is -0.00000242.